The first-order chi connectivity index (χ1) is 9.08. The van der Waals surface area contributed by atoms with Crippen LogP contribution in [0.5, 0.6) is 0 Å². The van der Waals surface area contributed by atoms with E-state index in [-0.39, 0.29) is 0 Å². The van der Waals surface area contributed by atoms with Gasteiger partial charge in [0.05, 0.1) is 6.54 Å². The minimum absolute atomic E-state index is 0.699. The Kier molecular flexibility index (Phi) is 4.67. The maximum absolute atomic E-state index is 6.14. The molecule has 0 radical (unpaired) electrons. The largest absolute Gasteiger partial charge is 0.455 e. The summed E-state index contributed by atoms with van der Waals surface area (Å²) in [4.78, 5) is 0. The van der Waals surface area contributed by atoms with E-state index >= 15 is 0 Å². The fourth-order valence-electron chi connectivity index (χ4n) is 2.07. The van der Waals surface area contributed by atoms with E-state index in [9.17, 15) is 0 Å². The lowest BCUT2D eigenvalue weighted by atomic mass is 10.1. The Bertz CT molecular complexity index is 545. The van der Waals surface area contributed by atoms with E-state index in [1.165, 1.54) is 0 Å². The Balaban J connectivity index is 2.10. The lowest BCUT2D eigenvalue weighted by Crippen LogP contribution is -2.83. The molecule has 3 heteroatoms. The van der Waals surface area contributed by atoms with E-state index in [4.69, 9.17) is 16.0 Å². The van der Waals surface area contributed by atoms with E-state index in [1.807, 2.05) is 37.3 Å². The minimum atomic E-state index is 0.699. The van der Waals surface area contributed by atoms with Crippen molar-refractivity contribution >= 4 is 11.6 Å². The van der Waals surface area contributed by atoms with Crippen LogP contribution in [0, 0.1) is 12.8 Å². The molecule has 0 bridgehead atoms. The molecule has 0 saturated heterocycles. The lowest BCUT2D eigenvalue weighted by Gasteiger charge is -2.04. The predicted octanol–water partition coefficient (Wildman–Crippen LogP) is 3.63. The van der Waals surface area contributed by atoms with Gasteiger partial charge in [0.2, 0.25) is 0 Å². The van der Waals surface area contributed by atoms with Gasteiger partial charge in [-0.3, -0.25) is 0 Å². The summed E-state index contributed by atoms with van der Waals surface area (Å²) in [6.07, 6.45) is 0. The van der Waals surface area contributed by atoms with E-state index in [2.05, 4.69) is 19.2 Å². The number of benzene rings is 1. The van der Waals surface area contributed by atoms with Crippen molar-refractivity contribution in [2.45, 2.75) is 27.3 Å². The highest BCUT2D eigenvalue weighted by Gasteiger charge is 2.10. The molecule has 0 aliphatic heterocycles. The fourth-order valence-corrected chi connectivity index (χ4v) is 2.24. The van der Waals surface area contributed by atoms with Crippen LogP contribution in [0.2, 0.25) is 5.02 Å². The molecular formula is C16H21ClNO+. The van der Waals surface area contributed by atoms with Crippen LogP contribution >= 0.6 is 11.6 Å². The molecule has 2 N–H and O–H groups in total. The number of rotatable bonds is 5. The van der Waals surface area contributed by atoms with Crippen LogP contribution in [0.15, 0.2) is 34.7 Å². The summed E-state index contributed by atoms with van der Waals surface area (Å²) >= 11 is 6.14. The summed E-state index contributed by atoms with van der Waals surface area (Å²) in [5, 5.41) is 3.06. The van der Waals surface area contributed by atoms with Gasteiger partial charge in [0.15, 0.2) is 5.76 Å². The Morgan fingerprint density at radius 2 is 2.00 bits per heavy atom. The number of nitrogens with two attached hydrogens (primary N) is 1. The molecular weight excluding hydrogens is 258 g/mol. The molecule has 2 nitrogen and oxygen atoms in total. The standard InChI is InChI=1S/C16H20ClNO/c1-11(2)9-18-10-13-7-8-16(19-13)14-5-4-6-15(17)12(14)3/h4-8,11,18H,9-10H2,1-3H3/p+1. The number of hydrogen-bond donors (Lipinski definition) is 1. The minimum Gasteiger partial charge on any atom is -0.455 e. The topological polar surface area (TPSA) is 29.8 Å². The van der Waals surface area contributed by atoms with Crippen LogP contribution in [0.1, 0.15) is 25.2 Å². The second-order valence-electron chi connectivity index (χ2n) is 5.30. The van der Waals surface area contributed by atoms with Gasteiger partial charge in [0.25, 0.3) is 0 Å². The third-order valence-corrected chi connectivity index (χ3v) is 3.59. The first kappa shape index (κ1) is 14.2. The average Bonchev–Trinajstić information content (AvgIpc) is 2.81. The molecule has 0 aliphatic rings. The molecule has 19 heavy (non-hydrogen) atoms. The Labute approximate surface area is 119 Å². The highest BCUT2D eigenvalue weighted by Crippen LogP contribution is 2.29. The third-order valence-electron chi connectivity index (χ3n) is 3.18. The van der Waals surface area contributed by atoms with Crippen molar-refractivity contribution < 1.29 is 9.73 Å². The average molecular weight is 279 g/mol. The zero-order chi connectivity index (χ0) is 13.8. The Hall–Kier alpha value is -1.25. The van der Waals surface area contributed by atoms with Crippen LogP contribution in [-0.4, -0.2) is 6.54 Å². The summed E-state index contributed by atoms with van der Waals surface area (Å²) < 4.78 is 5.90. The molecule has 1 heterocycles. The Morgan fingerprint density at radius 3 is 2.74 bits per heavy atom. The molecule has 0 spiro atoms. The van der Waals surface area contributed by atoms with Gasteiger partial charge in [0, 0.05) is 16.5 Å². The van der Waals surface area contributed by atoms with Crippen molar-refractivity contribution in [3.63, 3.8) is 0 Å². The van der Waals surface area contributed by atoms with E-state index in [0.29, 0.717) is 5.92 Å². The predicted molar refractivity (Wildman–Crippen MR) is 79.2 cm³/mol. The van der Waals surface area contributed by atoms with Crippen LogP contribution in [0.3, 0.4) is 0 Å². The van der Waals surface area contributed by atoms with Gasteiger partial charge < -0.3 is 9.73 Å². The zero-order valence-electron chi connectivity index (χ0n) is 11.7. The van der Waals surface area contributed by atoms with E-state index in [1.54, 1.807) is 0 Å². The molecule has 1 aromatic heterocycles. The van der Waals surface area contributed by atoms with Gasteiger partial charge in [-0.1, -0.05) is 37.6 Å². The van der Waals surface area contributed by atoms with E-state index in [0.717, 1.165) is 40.8 Å². The van der Waals surface area contributed by atoms with Gasteiger partial charge in [0.1, 0.15) is 12.3 Å². The third kappa shape index (κ3) is 3.62. The van der Waals surface area contributed by atoms with Crippen molar-refractivity contribution in [2.24, 2.45) is 5.92 Å². The summed E-state index contributed by atoms with van der Waals surface area (Å²) in [7, 11) is 0. The van der Waals surface area contributed by atoms with Crippen molar-refractivity contribution in [1.82, 2.24) is 0 Å². The molecule has 0 atom stereocenters. The fraction of sp³-hybridized carbons (Fsp3) is 0.375. The number of furan rings is 1. The summed E-state index contributed by atoms with van der Waals surface area (Å²) in [6, 6.07) is 9.98. The van der Waals surface area contributed by atoms with Gasteiger partial charge in [-0.15, -0.1) is 0 Å². The summed E-state index contributed by atoms with van der Waals surface area (Å²) in [6.45, 7) is 8.47. The number of halogens is 1. The molecule has 102 valence electrons. The zero-order valence-corrected chi connectivity index (χ0v) is 12.5. The maximum Gasteiger partial charge on any atom is 0.158 e. The molecule has 0 fully saturated rings. The first-order valence-electron chi connectivity index (χ1n) is 6.73. The molecule has 1 aromatic carbocycles. The van der Waals surface area contributed by atoms with Crippen molar-refractivity contribution in [1.29, 1.82) is 0 Å². The van der Waals surface area contributed by atoms with Gasteiger partial charge in [-0.25, -0.2) is 0 Å². The molecule has 0 amide bonds. The SMILES string of the molecule is Cc1c(Cl)cccc1-c1ccc(C[NH2+]CC(C)C)o1. The molecule has 0 unspecified atom stereocenters. The second kappa shape index (κ2) is 6.27. The highest BCUT2D eigenvalue weighted by molar-refractivity contribution is 6.31. The monoisotopic (exact) mass is 278 g/mol. The smallest absolute Gasteiger partial charge is 0.158 e. The second-order valence-corrected chi connectivity index (χ2v) is 5.71. The molecule has 2 rings (SSSR count). The van der Waals surface area contributed by atoms with Crippen molar-refractivity contribution in [2.75, 3.05) is 6.54 Å². The van der Waals surface area contributed by atoms with Crippen LogP contribution in [0.25, 0.3) is 11.3 Å². The van der Waals surface area contributed by atoms with Crippen molar-refractivity contribution in [3.05, 3.63) is 46.7 Å². The molecule has 0 saturated carbocycles. The first-order valence-corrected chi connectivity index (χ1v) is 7.11. The number of quaternary nitrogens is 1. The van der Waals surface area contributed by atoms with Crippen LogP contribution < -0.4 is 5.32 Å². The van der Waals surface area contributed by atoms with Crippen LogP contribution in [0.4, 0.5) is 0 Å². The lowest BCUT2D eigenvalue weighted by molar-refractivity contribution is -0.676. The summed E-state index contributed by atoms with van der Waals surface area (Å²) in [5.41, 5.74) is 2.14. The van der Waals surface area contributed by atoms with Crippen molar-refractivity contribution in [3.8, 4) is 11.3 Å². The van der Waals surface area contributed by atoms with Gasteiger partial charge >= 0.3 is 0 Å². The van der Waals surface area contributed by atoms with Gasteiger partial charge in [-0.2, -0.15) is 0 Å². The van der Waals surface area contributed by atoms with Crippen LogP contribution in [-0.2, 0) is 6.54 Å². The number of hydrogen-bond acceptors (Lipinski definition) is 1. The normalized spacial score (nSPS) is 11.2. The molecule has 0 aliphatic carbocycles. The highest BCUT2D eigenvalue weighted by atomic mass is 35.5. The summed E-state index contributed by atoms with van der Waals surface area (Å²) in [5.74, 6) is 2.60. The maximum atomic E-state index is 6.14. The Morgan fingerprint density at radius 1 is 1.21 bits per heavy atom. The van der Waals surface area contributed by atoms with Gasteiger partial charge in [-0.05, 0) is 30.7 Å². The molecule has 2 aromatic rings. The quantitative estimate of drug-likeness (QED) is 0.889. The van der Waals surface area contributed by atoms with E-state index < -0.39 is 0 Å².